The van der Waals surface area contributed by atoms with Crippen molar-refractivity contribution in [2.24, 2.45) is 5.92 Å². The third kappa shape index (κ3) is 6.67. The van der Waals surface area contributed by atoms with Crippen molar-refractivity contribution in [2.45, 2.75) is 32.6 Å². The first kappa shape index (κ1) is 25.9. The number of carbonyl (C=O) groups is 3. The molecule has 1 aliphatic rings. The number of para-hydroxylation sites is 1. The maximum atomic E-state index is 13.2. The van der Waals surface area contributed by atoms with Crippen LogP contribution in [0, 0.1) is 5.92 Å². The molecule has 1 atom stereocenters. The van der Waals surface area contributed by atoms with Crippen LogP contribution in [-0.4, -0.2) is 42.3 Å². The average molecular weight is 499 g/mol. The highest BCUT2D eigenvalue weighted by Crippen LogP contribution is 2.34. The SMILES string of the molecule is CC(=O)Nc1ccc(C(F)(F)F)cc1NC(=O)C1CCCN(C(=O)c2ccccc2OC(F)F)C1. The Morgan fingerprint density at radius 3 is 2.43 bits per heavy atom. The minimum absolute atomic E-state index is 0.0133. The van der Waals surface area contributed by atoms with Gasteiger partial charge in [-0.25, -0.2) is 0 Å². The van der Waals surface area contributed by atoms with E-state index in [0.29, 0.717) is 18.9 Å². The van der Waals surface area contributed by atoms with Crippen molar-refractivity contribution >= 4 is 29.1 Å². The Morgan fingerprint density at radius 1 is 1.06 bits per heavy atom. The summed E-state index contributed by atoms with van der Waals surface area (Å²) in [5.41, 5.74) is -1.36. The van der Waals surface area contributed by atoms with Gasteiger partial charge >= 0.3 is 12.8 Å². The second kappa shape index (κ2) is 10.7. The number of rotatable bonds is 6. The number of nitrogens with zero attached hydrogens (tertiary/aromatic N) is 1. The minimum Gasteiger partial charge on any atom is -0.434 e. The van der Waals surface area contributed by atoms with E-state index in [0.717, 1.165) is 12.1 Å². The van der Waals surface area contributed by atoms with Gasteiger partial charge in [0.15, 0.2) is 0 Å². The van der Waals surface area contributed by atoms with Gasteiger partial charge in [-0.05, 0) is 43.2 Å². The van der Waals surface area contributed by atoms with Gasteiger partial charge < -0.3 is 20.3 Å². The fourth-order valence-electron chi connectivity index (χ4n) is 3.75. The predicted octanol–water partition coefficient (Wildman–Crippen LogP) is 4.76. The standard InChI is InChI=1S/C23H22F5N3O4/c1-13(32)29-17-9-8-15(23(26,27)28)11-18(17)30-20(33)14-5-4-10-31(12-14)21(34)16-6-2-3-7-19(16)35-22(24)25/h2-3,6-9,11,14,22H,4-5,10,12H2,1H3,(H,29,32)(H,30,33). The summed E-state index contributed by atoms with van der Waals surface area (Å²) >= 11 is 0. The van der Waals surface area contributed by atoms with Gasteiger partial charge in [-0.1, -0.05) is 12.1 Å². The van der Waals surface area contributed by atoms with E-state index in [2.05, 4.69) is 15.4 Å². The van der Waals surface area contributed by atoms with E-state index in [1.54, 1.807) is 0 Å². The van der Waals surface area contributed by atoms with Crippen LogP contribution in [0.1, 0.15) is 35.7 Å². The molecule has 0 spiro atoms. The first-order valence-electron chi connectivity index (χ1n) is 10.6. The van der Waals surface area contributed by atoms with E-state index in [1.165, 1.54) is 36.1 Å². The van der Waals surface area contributed by atoms with E-state index < -0.39 is 42.0 Å². The highest BCUT2D eigenvalue weighted by atomic mass is 19.4. The molecular formula is C23H22F5N3O4. The number of hydrogen-bond donors (Lipinski definition) is 2. The number of likely N-dealkylation sites (tertiary alicyclic amines) is 1. The van der Waals surface area contributed by atoms with Crippen molar-refractivity contribution in [2.75, 3.05) is 23.7 Å². The molecule has 7 nitrogen and oxygen atoms in total. The molecule has 1 aliphatic heterocycles. The van der Waals surface area contributed by atoms with Gasteiger partial charge in [-0.2, -0.15) is 22.0 Å². The number of ether oxygens (including phenoxy) is 1. The second-order valence-corrected chi connectivity index (χ2v) is 7.89. The van der Waals surface area contributed by atoms with Crippen LogP contribution in [0.2, 0.25) is 0 Å². The zero-order valence-corrected chi connectivity index (χ0v) is 18.5. The summed E-state index contributed by atoms with van der Waals surface area (Å²) in [4.78, 5) is 38.6. The van der Waals surface area contributed by atoms with Crippen molar-refractivity contribution in [3.05, 3.63) is 53.6 Å². The Labute approximate surface area is 197 Å². The molecule has 2 N–H and O–H groups in total. The average Bonchev–Trinajstić information content (AvgIpc) is 2.78. The first-order chi connectivity index (χ1) is 16.5. The first-order valence-corrected chi connectivity index (χ1v) is 10.6. The summed E-state index contributed by atoms with van der Waals surface area (Å²) in [5.74, 6) is -2.89. The molecule has 0 aliphatic carbocycles. The predicted molar refractivity (Wildman–Crippen MR) is 116 cm³/mol. The Kier molecular flexibility index (Phi) is 7.92. The van der Waals surface area contributed by atoms with Gasteiger partial charge in [-0.3, -0.25) is 14.4 Å². The van der Waals surface area contributed by atoms with Crippen LogP contribution in [0.5, 0.6) is 5.75 Å². The Bertz CT molecular complexity index is 1110. The third-order valence-corrected chi connectivity index (χ3v) is 5.33. The maximum Gasteiger partial charge on any atom is 0.416 e. The van der Waals surface area contributed by atoms with E-state index >= 15 is 0 Å². The zero-order chi connectivity index (χ0) is 25.8. The minimum atomic E-state index is -4.67. The fourth-order valence-corrected chi connectivity index (χ4v) is 3.75. The molecule has 2 aromatic carbocycles. The van der Waals surface area contributed by atoms with Gasteiger partial charge in [0, 0.05) is 20.0 Å². The van der Waals surface area contributed by atoms with Gasteiger partial charge in [0.2, 0.25) is 11.8 Å². The van der Waals surface area contributed by atoms with Crippen molar-refractivity contribution in [3.8, 4) is 5.75 Å². The Morgan fingerprint density at radius 2 is 1.77 bits per heavy atom. The number of piperidine rings is 1. The number of halogens is 5. The molecule has 3 amide bonds. The molecule has 0 bridgehead atoms. The molecule has 1 unspecified atom stereocenters. The quantitative estimate of drug-likeness (QED) is 0.562. The molecule has 0 saturated carbocycles. The third-order valence-electron chi connectivity index (χ3n) is 5.33. The lowest BCUT2D eigenvalue weighted by Gasteiger charge is -2.32. The Hall–Kier alpha value is -3.70. The topological polar surface area (TPSA) is 87.7 Å². The number of hydrogen-bond acceptors (Lipinski definition) is 4. The van der Waals surface area contributed by atoms with Crippen LogP contribution in [0.15, 0.2) is 42.5 Å². The molecule has 1 heterocycles. The molecule has 1 saturated heterocycles. The second-order valence-electron chi connectivity index (χ2n) is 7.89. The van der Waals surface area contributed by atoms with Gasteiger partial charge in [0.05, 0.1) is 28.4 Å². The molecule has 0 aromatic heterocycles. The van der Waals surface area contributed by atoms with E-state index in [-0.39, 0.29) is 35.8 Å². The highest BCUT2D eigenvalue weighted by Gasteiger charge is 2.33. The number of carbonyl (C=O) groups excluding carboxylic acids is 3. The molecule has 3 rings (SSSR count). The van der Waals surface area contributed by atoms with Crippen LogP contribution in [-0.2, 0) is 15.8 Å². The number of amides is 3. The lowest BCUT2D eigenvalue weighted by atomic mass is 9.96. The fraction of sp³-hybridized carbons (Fsp3) is 0.348. The molecule has 35 heavy (non-hydrogen) atoms. The van der Waals surface area contributed by atoms with Crippen LogP contribution in [0.25, 0.3) is 0 Å². The van der Waals surface area contributed by atoms with Crippen molar-refractivity contribution in [1.82, 2.24) is 4.90 Å². The molecule has 188 valence electrons. The summed E-state index contributed by atoms with van der Waals surface area (Å²) in [7, 11) is 0. The van der Waals surface area contributed by atoms with Gasteiger partial charge in [-0.15, -0.1) is 0 Å². The summed E-state index contributed by atoms with van der Waals surface area (Å²) < 4.78 is 69.3. The van der Waals surface area contributed by atoms with Gasteiger partial charge in [0.1, 0.15) is 5.75 Å². The van der Waals surface area contributed by atoms with Crippen LogP contribution in [0.3, 0.4) is 0 Å². The largest absolute Gasteiger partial charge is 0.434 e. The molecule has 12 heteroatoms. The summed E-state index contributed by atoms with van der Waals surface area (Å²) in [6, 6.07) is 8.00. The number of alkyl halides is 5. The maximum absolute atomic E-state index is 13.2. The lowest BCUT2D eigenvalue weighted by Crippen LogP contribution is -2.44. The summed E-state index contributed by atoms with van der Waals surface area (Å²) in [6.07, 6.45) is -3.92. The normalized spacial score (nSPS) is 16.1. The van der Waals surface area contributed by atoms with Crippen LogP contribution < -0.4 is 15.4 Å². The van der Waals surface area contributed by atoms with E-state index in [9.17, 15) is 36.3 Å². The molecular weight excluding hydrogens is 477 g/mol. The van der Waals surface area contributed by atoms with Crippen molar-refractivity contribution in [1.29, 1.82) is 0 Å². The number of benzene rings is 2. The van der Waals surface area contributed by atoms with Crippen LogP contribution >= 0.6 is 0 Å². The Balaban J connectivity index is 1.78. The molecule has 1 fully saturated rings. The van der Waals surface area contributed by atoms with Crippen LogP contribution in [0.4, 0.5) is 33.3 Å². The highest BCUT2D eigenvalue weighted by molar-refractivity contribution is 6.01. The zero-order valence-electron chi connectivity index (χ0n) is 18.5. The molecule has 2 aromatic rings. The van der Waals surface area contributed by atoms with Gasteiger partial charge in [0.25, 0.3) is 5.91 Å². The summed E-state index contributed by atoms with van der Waals surface area (Å²) in [6.45, 7) is -1.79. The smallest absolute Gasteiger partial charge is 0.416 e. The van der Waals surface area contributed by atoms with Crippen molar-refractivity contribution in [3.63, 3.8) is 0 Å². The van der Waals surface area contributed by atoms with E-state index in [4.69, 9.17) is 0 Å². The number of anilines is 2. The number of nitrogens with one attached hydrogen (secondary N) is 2. The molecule has 0 radical (unpaired) electrons. The van der Waals surface area contributed by atoms with Crippen molar-refractivity contribution < 1.29 is 41.1 Å². The lowest BCUT2D eigenvalue weighted by molar-refractivity contribution is -0.137. The van der Waals surface area contributed by atoms with E-state index in [1.807, 2.05) is 0 Å². The monoisotopic (exact) mass is 499 g/mol. The summed E-state index contributed by atoms with van der Waals surface area (Å²) in [5, 5.41) is 4.79.